The third-order valence-electron chi connectivity index (χ3n) is 4.17. The summed E-state index contributed by atoms with van der Waals surface area (Å²) in [5, 5.41) is 0. The highest BCUT2D eigenvalue weighted by molar-refractivity contribution is 7.89. The molecular formula is C14H24N4O2S. The van der Waals surface area contributed by atoms with E-state index in [0.29, 0.717) is 18.3 Å². The fraction of sp³-hybridized carbons (Fsp3) is 0.643. The summed E-state index contributed by atoms with van der Waals surface area (Å²) in [6.45, 7) is 2.76. The van der Waals surface area contributed by atoms with Crippen molar-refractivity contribution in [3.8, 4) is 0 Å². The Morgan fingerprint density at radius 3 is 2.71 bits per heavy atom. The van der Waals surface area contributed by atoms with E-state index < -0.39 is 10.0 Å². The van der Waals surface area contributed by atoms with Crippen LogP contribution in [-0.2, 0) is 10.0 Å². The highest BCUT2D eigenvalue weighted by atomic mass is 32.2. The van der Waals surface area contributed by atoms with Crippen LogP contribution in [0, 0.1) is 11.8 Å². The fourth-order valence-corrected chi connectivity index (χ4v) is 3.82. The molecule has 0 aliphatic heterocycles. The van der Waals surface area contributed by atoms with E-state index in [0.717, 1.165) is 12.3 Å². The summed E-state index contributed by atoms with van der Waals surface area (Å²) in [6.07, 6.45) is 7.25. The number of nitrogens with one attached hydrogen (secondary N) is 2. The van der Waals surface area contributed by atoms with Crippen LogP contribution in [0.15, 0.2) is 23.2 Å². The number of aromatic nitrogens is 1. The lowest BCUT2D eigenvalue weighted by Crippen LogP contribution is -2.27. The molecule has 0 unspecified atom stereocenters. The average Bonchev–Trinajstić information content (AvgIpc) is 2.49. The van der Waals surface area contributed by atoms with Crippen LogP contribution in [0.3, 0.4) is 0 Å². The molecule has 0 atom stereocenters. The van der Waals surface area contributed by atoms with Crippen molar-refractivity contribution in [3.63, 3.8) is 0 Å². The second kappa shape index (κ2) is 7.20. The Morgan fingerprint density at radius 2 is 2.05 bits per heavy atom. The van der Waals surface area contributed by atoms with Crippen LogP contribution in [0.4, 0.5) is 5.82 Å². The maximum Gasteiger partial charge on any atom is 0.240 e. The van der Waals surface area contributed by atoms with Gasteiger partial charge in [0.05, 0.1) is 4.90 Å². The van der Waals surface area contributed by atoms with E-state index in [1.165, 1.54) is 44.0 Å². The molecule has 2 rings (SSSR count). The number of hydrogen-bond donors (Lipinski definition) is 3. The summed E-state index contributed by atoms with van der Waals surface area (Å²) in [5.41, 5.74) is 2.35. The predicted octanol–water partition coefficient (Wildman–Crippen LogP) is 1.86. The lowest BCUT2D eigenvalue weighted by atomic mass is 9.81. The Hall–Kier alpha value is -1.18. The summed E-state index contributed by atoms with van der Waals surface area (Å²) >= 11 is 0. The Kier molecular flexibility index (Phi) is 5.55. The van der Waals surface area contributed by atoms with Gasteiger partial charge in [-0.25, -0.2) is 24.0 Å². The van der Waals surface area contributed by atoms with Gasteiger partial charge in [0.1, 0.15) is 5.82 Å². The Labute approximate surface area is 126 Å². The normalized spacial score (nSPS) is 23.0. The van der Waals surface area contributed by atoms with Crippen LogP contribution in [0.2, 0.25) is 0 Å². The highest BCUT2D eigenvalue weighted by Crippen LogP contribution is 2.30. The van der Waals surface area contributed by atoms with Gasteiger partial charge >= 0.3 is 0 Å². The lowest BCUT2D eigenvalue weighted by molar-refractivity contribution is 0.278. The van der Waals surface area contributed by atoms with Gasteiger partial charge in [0.25, 0.3) is 0 Å². The third-order valence-corrected chi connectivity index (χ3v) is 5.63. The van der Waals surface area contributed by atoms with E-state index in [-0.39, 0.29) is 4.90 Å². The minimum Gasteiger partial charge on any atom is -0.308 e. The number of hydrogen-bond acceptors (Lipinski definition) is 5. The van der Waals surface area contributed by atoms with Crippen molar-refractivity contribution in [2.45, 2.75) is 43.9 Å². The number of anilines is 1. The molecule has 0 radical (unpaired) electrons. The monoisotopic (exact) mass is 312 g/mol. The number of nitrogens with zero attached hydrogens (tertiary/aromatic N) is 1. The quantitative estimate of drug-likeness (QED) is 0.550. The van der Waals surface area contributed by atoms with Gasteiger partial charge in [-0.05, 0) is 24.3 Å². The first-order valence-electron chi connectivity index (χ1n) is 7.43. The summed E-state index contributed by atoms with van der Waals surface area (Å²) in [7, 11) is -3.49. The second-order valence-electron chi connectivity index (χ2n) is 5.83. The summed E-state index contributed by atoms with van der Waals surface area (Å²) in [6, 6.07) is 2.89. The zero-order valence-electron chi connectivity index (χ0n) is 12.4. The van der Waals surface area contributed by atoms with Gasteiger partial charge in [-0.3, -0.25) is 0 Å². The van der Waals surface area contributed by atoms with Gasteiger partial charge in [-0.1, -0.05) is 32.6 Å². The number of nitrogen functional groups attached to an aromatic ring is 1. The minimum atomic E-state index is -3.49. The van der Waals surface area contributed by atoms with Crippen molar-refractivity contribution in [1.82, 2.24) is 9.71 Å². The van der Waals surface area contributed by atoms with Crippen LogP contribution >= 0.6 is 0 Å². The molecule has 0 saturated heterocycles. The Bertz CT molecular complexity index is 554. The molecule has 1 aromatic rings. The molecule has 6 nitrogen and oxygen atoms in total. The molecule has 1 aliphatic carbocycles. The van der Waals surface area contributed by atoms with Crippen molar-refractivity contribution >= 4 is 15.8 Å². The lowest BCUT2D eigenvalue weighted by Gasteiger charge is -2.26. The number of rotatable bonds is 6. The Balaban J connectivity index is 1.86. The molecule has 0 bridgehead atoms. The van der Waals surface area contributed by atoms with E-state index in [1.807, 2.05) is 0 Å². The van der Waals surface area contributed by atoms with E-state index in [2.05, 4.69) is 22.1 Å². The van der Waals surface area contributed by atoms with Crippen molar-refractivity contribution in [2.75, 3.05) is 12.0 Å². The number of sulfonamides is 1. The van der Waals surface area contributed by atoms with Crippen molar-refractivity contribution in [3.05, 3.63) is 18.3 Å². The molecular weight excluding hydrogens is 288 g/mol. The van der Waals surface area contributed by atoms with Crippen molar-refractivity contribution in [2.24, 2.45) is 17.7 Å². The molecule has 1 heterocycles. The molecule has 21 heavy (non-hydrogen) atoms. The third kappa shape index (κ3) is 4.66. The summed E-state index contributed by atoms with van der Waals surface area (Å²) in [5.74, 6) is 7.03. The van der Waals surface area contributed by atoms with Crippen molar-refractivity contribution < 1.29 is 8.42 Å². The largest absolute Gasteiger partial charge is 0.308 e. The molecule has 118 valence electrons. The van der Waals surface area contributed by atoms with Crippen LogP contribution < -0.4 is 16.0 Å². The SMILES string of the molecule is CC1CCC(CCNS(=O)(=O)c2ccnc(NN)c2)CC1. The zero-order chi connectivity index (χ0) is 15.3. The van der Waals surface area contributed by atoms with Gasteiger partial charge in [-0.15, -0.1) is 0 Å². The summed E-state index contributed by atoms with van der Waals surface area (Å²) < 4.78 is 27.0. The first-order chi connectivity index (χ1) is 10.0. The number of pyridine rings is 1. The van der Waals surface area contributed by atoms with E-state index in [4.69, 9.17) is 5.84 Å². The van der Waals surface area contributed by atoms with E-state index >= 15 is 0 Å². The minimum absolute atomic E-state index is 0.183. The molecule has 7 heteroatoms. The van der Waals surface area contributed by atoms with E-state index in [9.17, 15) is 8.42 Å². The van der Waals surface area contributed by atoms with Gasteiger partial charge in [0, 0.05) is 18.8 Å². The molecule has 1 saturated carbocycles. The predicted molar refractivity (Wildman–Crippen MR) is 83.0 cm³/mol. The molecule has 1 fully saturated rings. The molecule has 0 aromatic carbocycles. The molecule has 0 spiro atoms. The average molecular weight is 312 g/mol. The van der Waals surface area contributed by atoms with Gasteiger partial charge in [0.15, 0.2) is 0 Å². The summed E-state index contributed by atoms with van der Waals surface area (Å²) in [4.78, 5) is 4.09. The Morgan fingerprint density at radius 1 is 1.33 bits per heavy atom. The van der Waals surface area contributed by atoms with Crippen LogP contribution in [-0.4, -0.2) is 19.9 Å². The zero-order valence-corrected chi connectivity index (χ0v) is 13.2. The van der Waals surface area contributed by atoms with Gasteiger partial charge < -0.3 is 5.43 Å². The second-order valence-corrected chi connectivity index (χ2v) is 7.60. The topological polar surface area (TPSA) is 97.1 Å². The van der Waals surface area contributed by atoms with Gasteiger partial charge in [0.2, 0.25) is 10.0 Å². The molecule has 1 aliphatic rings. The van der Waals surface area contributed by atoms with Crippen molar-refractivity contribution in [1.29, 1.82) is 0 Å². The maximum absolute atomic E-state index is 12.2. The number of nitrogens with two attached hydrogens (primary N) is 1. The molecule has 0 amide bonds. The van der Waals surface area contributed by atoms with Crippen LogP contribution in [0.5, 0.6) is 0 Å². The molecule has 1 aromatic heterocycles. The molecule has 4 N–H and O–H groups in total. The fourth-order valence-electron chi connectivity index (χ4n) is 2.76. The van der Waals surface area contributed by atoms with Gasteiger partial charge in [-0.2, -0.15) is 0 Å². The number of hydrazine groups is 1. The van der Waals surface area contributed by atoms with Crippen LogP contribution in [0.25, 0.3) is 0 Å². The highest BCUT2D eigenvalue weighted by Gasteiger charge is 2.19. The van der Waals surface area contributed by atoms with Crippen LogP contribution in [0.1, 0.15) is 39.0 Å². The van der Waals surface area contributed by atoms with E-state index in [1.54, 1.807) is 0 Å². The first kappa shape index (κ1) is 16.2. The standard InChI is InChI=1S/C14H24N4O2S/c1-11-2-4-12(5-3-11)6-9-17-21(19,20)13-7-8-16-14(10-13)18-15/h7-8,10-12,17H,2-6,9,15H2,1H3,(H,16,18). The smallest absolute Gasteiger partial charge is 0.240 e. The first-order valence-corrected chi connectivity index (χ1v) is 8.92. The maximum atomic E-state index is 12.2.